The Labute approximate surface area is 127 Å². The number of carboxylic acid groups (broad SMARTS) is 1. The SMILES string of the molecule is COC(=O)Cc1c(-c2ccccc2)csc1C(C)C(=O)O. The number of aliphatic carboxylic acids is 1. The Kier molecular flexibility index (Phi) is 4.75. The molecule has 0 radical (unpaired) electrons. The van der Waals surface area contributed by atoms with Crippen molar-refractivity contribution in [1.82, 2.24) is 0 Å². The van der Waals surface area contributed by atoms with E-state index in [-0.39, 0.29) is 12.4 Å². The van der Waals surface area contributed by atoms with Crippen molar-refractivity contribution in [3.05, 3.63) is 46.2 Å². The highest BCUT2D eigenvalue weighted by molar-refractivity contribution is 7.10. The molecule has 1 aromatic carbocycles. The van der Waals surface area contributed by atoms with Crippen molar-refractivity contribution >= 4 is 23.3 Å². The fourth-order valence-electron chi connectivity index (χ4n) is 2.13. The predicted molar refractivity (Wildman–Crippen MR) is 81.5 cm³/mol. The van der Waals surface area contributed by atoms with Crippen molar-refractivity contribution in [2.24, 2.45) is 0 Å². The van der Waals surface area contributed by atoms with Crippen molar-refractivity contribution in [2.75, 3.05) is 7.11 Å². The minimum atomic E-state index is -0.900. The fraction of sp³-hybridized carbons (Fsp3) is 0.250. The highest BCUT2D eigenvalue weighted by atomic mass is 32.1. The molecule has 1 atom stereocenters. The molecular formula is C16H16O4S. The van der Waals surface area contributed by atoms with Crippen LogP contribution in [0.2, 0.25) is 0 Å². The molecule has 110 valence electrons. The molecule has 2 rings (SSSR count). The van der Waals surface area contributed by atoms with Gasteiger partial charge in [0.1, 0.15) is 0 Å². The van der Waals surface area contributed by atoms with Crippen LogP contribution in [-0.2, 0) is 20.7 Å². The monoisotopic (exact) mass is 304 g/mol. The molecule has 0 saturated heterocycles. The first-order valence-electron chi connectivity index (χ1n) is 6.50. The Balaban J connectivity index is 2.51. The summed E-state index contributed by atoms with van der Waals surface area (Å²) in [5, 5.41) is 11.1. The van der Waals surface area contributed by atoms with Gasteiger partial charge in [0, 0.05) is 4.88 Å². The van der Waals surface area contributed by atoms with Gasteiger partial charge in [-0.1, -0.05) is 30.3 Å². The molecule has 0 aliphatic rings. The molecule has 0 fully saturated rings. The summed E-state index contributed by atoms with van der Waals surface area (Å²) in [6.45, 7) is 1.63. The maximum atomic E-state index is 11.6. The number of hydrogen-bond acceptors (Lipinski definition) is 4. The zero-order valence-corrected chi connectivity index (χ0v) is 12.6. The summed E-state index contributed by atoms with van der Waals surface area (Å²) in [5.41, 5.74) is 2.61. The van der Waals surface area contributed by atoms with Crippen LogP contribution in [0.25, 0.3) is 11.1 Å². The molecule has 5 heteroatoms. The van der Waals surface area contributed by atoms with E-state index in [9.17, 15) is 14.7 Å². The molecule has 0 aliphatic carbocycles. The fourth-order valence-corrected chi connectivity index (χ4v) is 3.28. The van der Waals surface area contributed by atoms with Crippen LogP contribution in [0.3, 0.4) is 0 Å². The highest BCUT2D eigenvalue weighted by Crippen LogP contribution is 2.36. The summed E-state index contributed by atoms with van der Waals surface area (Å²) in [6, 6.07) is 9.62. The summed E-state index contributed by atoms with van der Waals surface area (Å²) in [7, 11) is 1.33. The molecule has 4 nitrogen and oxygen atoms in total. The van der Waals surface area contributed by atoms with Gasteiger partial charge in [0.05, 0.1) is 19.4 Å². The van der Waals surface area contributed by atoms with Gasteiger partial charge >= 0.3 is 11.9 Å². The first kappa shape index (κ1) is 15.3. The average Bonchev–Trinajstić information content (AvgIpc) is 2.90. The van der Waals surface area contributed by atoms with E-state index in [4.69, 9.17) is 4.74 Å². The smallest absolute Gasteiger partial charge is 0.311 e. The van der Waals surface area contributed by atoms with Crippen molar-refractivity contribution in [3.63, 3.8) is 0 Å². The Bertz CT molecular complexity index is 646. The van der Waals surface area contributed by atoms with Gasteiger partial charge in [-0.2, -0.15) is 0 Å². The predicted octanol–water partition coefficient (Wildman–Crippen LogP) is 3.32. The van der Waals surface area contributed by atoms with E-state index in [1.807, 2.05) is 35.7 Å². The van der Waals surface area contributed by atoms with Crippen LogP contribution in [-0.4, -0.2) is 24.2 Å². The van der Waals surface area contributed by atoms with Crippen molar-refractivity contribution in [3.8, 4) is 11.1 Å². The standard InChI is InChI=1S/C16H16O4S/c1-10(16(18)19)15-12(8-14(17)20-2)13(9-21-15)11-6-4-3-5-7-11/h3-7,9-10H,8H2,1-2H3,(H,18,19). The minimum Gasteiger partial charge on any atom is -0.481 e. The molecule has 1 unspecified atom stereocenters. The summed E-state index contributed by atoms with van der Waals surface area (Å²) < 4.78 is 4.73. The van der Waals surface area contributed by atoms with Crippen molar-refractivity contribution in [2.45, 2.75) is 19.3 Å². The molecule has 1 aromatic heterocycles. The lowest BCUT2D eigenvalue weighted by atomic mass is 9.96. The number of esters is 1. The molecular weight excluding hydrogens is 288 g/mol. The van der Waals surface area contributed by atoms with Crippen molar-refractivity contribution in [1.29, 1.82) is 0 Å². The van der Waals surface area contributed by atoms with Gasteiger partial charge in [-0.15, -0.1) is 11.3 Å². The Hall–Kier alpha value is -2.14. The first-order valence-corrected chi connectivity index (χ1v) is 7.37. The number of methoxy groups -OCH3 is 1. The zero-order chi connectivity index (χ0) is 15.4. The third-order valence-electron chi connectivity index (χ3n) is 3.32. The molecule has 0 saturated carbocycles. The third-order valence-corrected chi connectivity index (χ3v) is 4.53. The highest BCUT2D eigenvalue weighted by Gasteiger charge is 2.24. The molecule has 0 spiro atoms. The average molecular weight is 304 g/mol. The number of carboxylic acids is 1. The van der Waals surface area contributed by atoms with Crippen LogP contribution >= 0.6 is 11.3 Å². The van der Waals surface area contributed by atoms with E-state index >= 15 is 0 Å². The number of hydrogen-bond donors (Lipinski definition) is 1. The normalized spacial score (nSPS) is 11.9. The van der Waals surface area contributed by atoms with Crippen LogP contribution < -0.4 is 0 Å². The Morgan fingerprint density at radius 1 is 1.29 bits per heavy atom. The second-order valence-corrected chi connectivity index (χ2v) is 5.58. The second-order valence-electron chi connectivity index (χ2n) is 4.67. The second kappa shape index (κ2) is 6.54. The van der Waals surface area contributed by atoms with Crippen LogP contribution in [0.4, 0.5) is 0 Å². The van der Waals surface area contributed by atoms with Gasteiger partial charge in [-0.25, -0.2) is 0 Å². The van der Waals surface area contributed by atoms with Crippen LogP contribution in [0.5, 0.6) is 0 Å². The first-order chi connectivity index (χ1) is 10.0. The number of benzene rings is 1. The topological polar surface area (TPSA) is 63.6 Å². The maximum Gasteiger partial charge on any atom is 0.311 e. The molecule has 1 heterocycles. The number of ether oxygens (including phenoxy) is 1. The lowest BCUT2D eigenvalue weighted by Gasteiger charge is -2.10. The Morgan fingerprint density at radius 2 is 1.95 bits per heavy atom. The lowest BCUT2D eigenvalue weighted by molar-refractivity contribution is -0.140. The summed E-state index contributed by atoms with van der Waals surface area (Å²) in [5.74, 6) is -1.92. The van der Waals surface area contributed by atoms with Gasteiger partial charge < -0.3 is 9.84 Å². The molecule has 0 bridgehead atoms. The van der Waals surface area contributed by atoms with Gasteiger partial charge in [0.2, 0.25) is 0 Å². The third kappa shape index (κ3) is 3.31. The van der Waals surface area contributed by atoms with E-state index < -0.39 is 11.9 Å². The molecule has 21 heavy (non-hydrogen) atoms. The number of thiophene rings is 1. The number of rotatable bonds is 5. The van der Waals surface area contributed by atoms with Crippen molar-refractivity contribution < 1.29 is 19.4 Å². The van der Waals surface area contributed by atoms with Gasteiger partial charge in [0.15, 0.2) is 0 Å². The number of carbonyl (C=O) groups excluding carboxylic acids is 1. The van der Waals surface area contributed by atoms with E-state index in [0.717, 1.165) is 16.7 Å². The summed E-state index contributed by atoms with van der Waals surface area (Å²) >= 11 is 1.37. The van der Waals surface area contributed by atoms with Crippen LogP contribution in [0.1, 0.15) is 23.3 Å². The van der Waals surface area contributed by atoms with E-state index in [1.165, 1.54) is 18.4 Å². The largest absolute Gasteiger partial charge is 0.481 e. The van der Waals surface area contributed by atoms with Gasteiger partial charge in [-0.05, 0) is 29.0 Å². The summed E-state index contributed by atoms with van der Waals surface area (Å²) in [6.07, 6.45) is 0.0805. The van der Waals surface area contributed by atoms with E-state index in [1.54, 1.807) is 6.92 Å². The lowest BCUT2D eigenvalue weighted by Crippen LogP contribution is -2.11. The quantitative estimate of drug-likeness (QED) is 0.861. The Morgan fingerprint density at radius 3 is 2.52 bits per heavy atom. The molecule has 1 N–H and O–H groups in total. The minimum absolute atomic E-state index is 0.0805. The molecule has 2 aromatic rings. The zero-order valence-electron chi connectivity index (χ0n) is 11.8. The maximum absolute atomic E-state index is 11.6. The van der Waals surface area contributed by atoms with Crippen LogP contribution in [0, 0.1) is 0 Å². The summed E-state index contributed by atoms with van der Waals surface area (Å²) in [4.78, 5) is 23.6. The van der Waals surface area contributed by atoms with Gasteiger partial charge in [0.25, 0.3) is 0 Å². The molecule has 0 amide bonds. The van der Waals surface area contributed by atoms with Crippen LogP contribution in [0.15, 0.2) is 35.7 Å². The number of carbonyl (C=O) groups is 2. The van der Waals surface area contributed by atoms with E-state index in [2.05, 4.69) is 0 Å². The van der Waals surface area contributed by atoms with Gasteiger partial charge in [-0.3, -0.25) is 9.59 Å². The van der Waals surface area contributed by atoms with E-state index in [0.29, 0.717) is 4.88 Å². The molecule has 0 aliphatic heterocycles.